The molecule has 0 heterocycles. The van der Waals surface area contributed by atoms with Gasteiger partial charge in [-0.15, -0.1) is 0 Å². The van der Waals surface area contributed by atoms with Crippen molar-refractivity contribution in [3.63, 3.8) is 0 Å². The van der Waals surface area contributed by atoms with E-state index in [4.69, 9.17) is 5.73 Å². The van der Waals surface area contributed by atoms with E-state index in [1.54, 1.807) is 6.07 Å². The zero-order valence-corrected chi connectivity index (χ0v) is 9.45. The van der Waals surface area contributed by atoms with Crippen LogP contribution in [0, 0.1) is 11.3 Å². The van der Waals surface area contributed by atoms with Crippen LogP contribution in [0.1, 0.15) is 20.3 Å². The number of carbonyl (C=O) groups excluding carboxylic acids is 1. The van der Waals surface area contributed by atoms with Crippen LogP contribution in [-0.2, 0) is 4.79 Å². The summed E-state index contributed by atoms with van der Waals surface area (Å²) in [6.45, 7) is 4.13. The largest absolute Gasteiger partial charge is 0.508 e. The van der Waals surface area contributed by atoms with Gasteiger partial charge in [0.1, 0.15) is 5.75 Å². The summed E-state index contributed by atoms with van der Waals surface area (Å²) < 4.78 is 0. The van der Waals surface area contributed by atoms with Crippen LogP contribution in [0.5, 0.6) is 5.75 Å². The molecule has 1 atom stereocenters. The molecule has 0 spiro atoms. The summed E-state index contributed by atoms with van der Waals surface area (Å²) in [5.74, 6) is 0.172. The fourth-order valence-corrected chi connectivity index (χ4v) is 1.80. The molecule has 0 aliphatic heterocycles. The maximum atomic E-state index is 11.8. The highest BCUT2D eigenvalue weighted by Crippen LogP contribution is 2.52. The van der Waals surface area contributed by atoms with E-state index in [9.17, 15) is 9.90 Å². The summed E-state index contributed by atoms with van der Waals surface area (Å²) in [7, 11) is 0. The molecule has 0 bridgehead atoms. The monoisotopic (exact) mass is 220 g/mol. The Morgan fingerprint density at radius 2 is 2.19 bits per heavy atom. The Balaban J connectivity index is 2.07. The molecule has 4 heteroatoms. The van der Waals surface area contributed by atoms with Crippen LogP contribution in [-0.4, -0.2) is 11.0 Å². The third kappa shape index (κ3) is 1.96. The zero-order valence-electron chi connectivity index (χ0n) is 9.45. The summed E-state index contributed by atoms with van der Waals surface area (Å²) in [4.78, 5) is 11.8. The number of nitrogens with one attached hydrogen (secondary N) is 1. The first kappa shape index (κ1) is 10.8. The first-order chi connectivity index (χ1) is 7.40. The van der Waals surface area contributed by atoms with Crippen LogP contribution in [0.2, 0.25) is 0 Å². The SMILES string of the molecule is CC1(C)CC1C(=O)Nc1ccc(O)cc1N. The van der Waals surface area contributed by atoms with Gasteiger partial charge in [-0.3, -0.25) is 4.79 Å². The van der Waals surface area contributed by atoms with Crippen LogP contribution < -0.4 is 11.1 Å². The molecule has 0 aromatic heterocycles. The molecule has 86 valence electrons. The van der Waals surface area contributed by atoms with E-state index >= 15 is 0 Å². The Kier molecular flexibility index (Phi) is 2.30. The second-order valence-corrected chi connectivity index (χ2v) is 5.01. The Hall–Kier alpha value is -1.71. The average Bonchev–Trinajstić information content (AvgIpc) is 2.80. The Bertz CT molecular complexity index is 441. The molecule has 16 heavy (non-hydrogen) atoms. The topological polar surface area (TPSA) is 75.3 Å². The van der Waals surface area contributed by atoms with Crippen molar-refractivity contribution >= 4 is 17.3 Å². The number of hydrogen-bond acceptors (Lipinski definition) is 3. The number of carbonyl (C=O) groups is 1. The predicted octanol–water partition coefficient (Wildman–Crippen LogP) is 1.96. The van der Waals surface area contributed by atoms with E-state index in [1.807, 2.05) is 0 Å². The number of rotatable bonds is 2. The van der Waals surface area contributed by atoms with Crippen molar-refractivity contribution in [2.75, 3.05) is 11.1 Å². The molecule has 4 N–H and O–H groups in total. The predicted molar refractivity (Wildman–Crippen MR) is 63.0 cm³/mol. The van der Waals surface area contributed by atoms with Crippen molar-refractivity contribution in [3.8, 4) is 5.75 Å². The van der Waals surface area contributed by atoms with Gasteiger partial charge in [-0.2, -0.15) is 0 Å². The summed E-state index contributed by atoms with van der Waals surface area (Å²) in [6.07, 6.45) is 0.914. The summed E-state index contributed by atoms with van der Waals surface area (Å²) >= 11 is 0. The fourth-order valence-electron chi connectivity index (χ4n) is 1.80. The van der Waals surface area contributed by atoms with Crippen molar-refractivity contribution in [3.05, 3.63) is 18.2 Å². The van der Waals surface area contributed by atoms with E-state index in [2.05, 4.69) is 19.2 Å². The van der Waals surface area contributed by atoms with Gasteiger partial charge in [0, 0.05) is 12.0 Å². The lowest BCUT2D eigenvalue weighted by molar-refractivity contribution is -0.117. The highest BCUT2D eigenvalue weighted by Gasteiger charge is 2.50. The number of nitrogens with two attached hydrogens (primary N) is 1. The second kappa shape index (κ2) is 3.40. The number of anilines is 2. The van der Waals surface area contributed by atoms with E-state index in [-0.39, 0.29) is 23.0 Å². The van der Waals surface area contributed by atoms with Crippen molar-refractivity contribution in [1.82, 2.24) is 0 Å². The Morgan fingerprint density at radius 1 is 1.56 bits per heavy atom. The number of hydrogen-bond donors (Lipinski definition) is 3. The molecule has 1 aromatic rings. The maximum absolute atomic E-state index is 11.8. The van der Waals surface area contributed by atoms with Gasteiger partial charge in [0.2, 0.25) is 5.91 Å². The smallest absolute Gasteiger partial charge is 0.228 e. The van der Waals surface area contributed by atoms with Crippen LogP contribution in [0.3, 0.4) is 0 Å². The highest BCUT2D eigenvalue weighted by atomic mass is 16.3. The van der Waals surface area contributed by atoms with Crippen molar-refractivity contribution in [1.29, 1.82) is 0 Å². The molecule has 1 aliphatic rings. The van der Waals surface area contributed by atoms with Crippen LogP contribution >= 0.6 is 0 Å². The van der Waals surface area contributed by atoms with Crippen molar-refractivity contribution in [2.45, 2.75) is 20.3 Å². The third-order valence-corrected chi connectivity index (χ3v) is 3.12. The lowest BCUT2D eigenvalue weighted by Gasteiger charge is -2.09. The van der Waals surface area contributed by atoms with Gasteiger partial charge < -0.3 is 16.2 Å². The number of benzene rings is 1. The minimum absolute atomic E-state index is 0.00221. The first-order valence-electron chi connectivity index (χ1n) is 5.29. The minimum atomic E-state index is 0.00221. The molecule has 0 saturated heterocycles. The van der Waals surface area contributed by atoms with Crippen molar-refractivity contribution in [2.24, 2.45) is 11.3 Å². The normalized spacial score (nSPS) is 21.5. The molecule has 4 nitrogen and oxygen atoms in total. The minimum Gasteiger partial charge on any atom is -0.508 e. The second-order valence-electron chi connectivity index (χ2n) is 5.01. The molecule has 1 unspecified atom stereocenters. The lowest BCUT2D eigenvalue weighted by Crippen LogP contribution is -2.17. The number of nitrogen functional groups attached to an aromatic ring is 1. The molecule has 0 radical (unpaired) electrons. The van der Waals surface area contributed by atoms with Crippen LogP contribution in [0.25, 0.3) is 0 Å². The zero-order chi connectivity index (χ0) is 11.9. The molecular formula is C12H16N2O2. The Labute approximate surface area is 94.5 Å². The first-order valence-corrected chi connectivity index (χ1v) is 5.29. The van der Waals surface area contributed by atoms with Gasteiger partial charge in [0.05, 0.1) is 11.4 Å². The summed E-state index contributed by atoms with van der Waals surface area (Å²) in [5.41, 5.74) is 6.73. The molecule has 1 aliphatic carbocycles. The molecule has 1 amide bonds. The standard InChI is InChI=1S/C12H16N2O2/c1-12(2)6-8(12)11(16)14-10-4-3-7(15)5-9(10)13/h3-5,8,15H,6,13H2,1-2H3,(H,14,16). The van der Waals surface area contributed by atoms with Crippen LogP contribution in [0.4, 0.5) is 11.4 Å². The molecule has 1 aromatic carbocycles. The molecule has 1 saturated carbocycles. The number of amides is 1. The maximum Gasteiger partial charge on any atom is 0.228 e. The summed E-state index contributed by atoms with van der Waals surface area (Å²) in [6, 6.07) is 4.54. The van der Waals surface area contributed by atoms with E-state index < -0.39 is 0 Å². The fraction of sp³-hybridized carbons (Fsp3) is 0.417. The van der Waals surface area contributed by atoms with Crippen molar-refractivity contribution < 1.29 is 9.90 Å². The van der Waals surface area contributed by atoms with Gasteiger partial charge >= 0.3 is 0 Å². The Morgan fingerprint density at radius 3 is 2.69 bits per heavy atom. The third-order valence-electron chi connectivity index (χ3n) is 3.12. The lowest BCUT2D eigenvalue weighted by atomic mass is 10.1. The van der Waals surface area contributed by atoms with Gasteiger partial charge in [-0.1, -0.05) is 13.8 Å². The summed E-state index contributed by atoms with van der Waals surface area (Å²) in [5, 5.41) is 12.0. The average molecular weight is 220 g/mol. The van der Waals surface area contributed by atoms with Gasteiger partial charge in [-0.25, -0.2) is 0 Å². The van der Waals surface area contributed by atoms with E-state index in [0.29, 0.717) is 11.4 Å². The molecular weight excluding hydrogens is 204 g/mol. The number of phenolic OH excluding ortho intramolecular Hbond substituents is 1. The van der Waals surface area contributed by atoms with Crippen LogP contribution in [0.15, 0.2) is 18.2 Å². The van der Waals surface area contributed by atoms with E-state index in [1.165, 1.54) is 12.1 Å². The molecule has 2 rings (SSSR count). The molecule has 1 fully saturated rings. The number of aromatic hydroxyl groups is 1. The van der Waals surface area contributed by atoms with Gasteiger partial charge in [-0.05, 0) is 24.0 Å². The quantitative estimate of drug-likeness (QED) is 0.526. The van der Waals surface area contributed by atoms with Gasteiger partial charge in [0.25, 0.3) is 0 Å². The van der Waals surface area contributed by atoms with Gasteiger partial charge in [0.15, 0.2) is 0 Å². The highest BCUT2D eigenvalue weighted by molar-refractivity contribution is 5.97. The number of phenols is 1. The van der Waals surface area contributed by atoms with E-state index in [0.717, 1.165) is 6.42 Å².